The van der Waals surface area contributed by atoms with Crippen molar-refractivity contribution < 1.29 is 10.2 Å². The highest BCUT2D eigenvalue weighted by atomic mass is 16.3. The fourth-order valence-electron chi connectivity index (χ4n) is 4.61. The molecule has 2 nitrogen and oxygen atoms in total. The van der Waals surface area contributed by atoms with Crippen LogP contribution >= 0.6 is 0 Å². The topological polar surface area (TPSA) is 40.5 Å². The van der Waals surface area contributed by atoms with E-state index in [1.807, 2.05) is 39.8 Å². The summed E-state index contributed by atoms with van der Waals surface area (Å²) >= 11 is 0. The van der Waals surface area contributed by atoms with Gasteiger partial charge in [0.25, 0.3) is 0 Å². The lowest BCUT2D eigenvalue weighted by atomic mass is 9.82. The van der Waals surface area contributed by atoms with Crippen LogP contribution in [0.25, 0.3) is 5.57 Å². The standard InChI is InChI=1S/C24H26O2/c1-13-5-9-19(15(3)23(13)25)22(21-12-17-7-8-18(21)11-17)20-10-6-14(2)24(26)16(20)4/h5-10,17-18,25-26H,11-12H2,1-4H3. The molecule has 0 aromatic heterocycles. The van der Waals surface area contributed by atoms with Gasteiger partial charge in [0.15, 0.2) is 0 Å². The van der Waals surface area contributed by atoms with Gasteiger partial charge in [0.2, 0.25) is 0 Å². The Labute approximate surface area is 155 Å². The first kappa shape index (κ1) is 17.0. The van der Waals surface area contributed by atoms with Gasteiger partial charge in [-0.25, -0.2) is 0 Å². The van der Waals surface area contributed by atoms with Crippen LogP contribution in [0.1, 0.15) is 46.2 Å². The van der Waals surface area contributed by atoms with E-state index >= 15 is 0 Å². The van der Waals surface area contributed by atoms with Crippen molar-refractivity contribution in [1.82, 2.24) is 0 Å². The number of rotatable bonds is 2. The molecular weight excluding hydrogens is 320 g/mol. The molecule has 2 aliphatic rings. The van der Waals surface area contributed by atoms with Crippen molar-refractivity contribution in [3.8, 4) is 11.5 Å². The molecule has 134 valence electrons. The lowest BCUT2D eigenvalue weighted by Gasteiger charge is -2.22. The number of benzene rings is 2. The van der Waals surface area contributed by atoms with Gasteiger partial charge in [-0.1, -0.05) is 42.0 Å². The van der Waals surface area contributed by atoms with E-state index in [1.54, 1.807) is 0 Å². The Balaban J connectivity index is 2.02. The van der Waals surface area contributed by atoms with Gasteiger partial charge in [0.05, 0.1) is 0 Å². The first-order valence-corrected chi connectivity index (χ1v) is 9.39. The molecule has 2 aromatic rings. The minimum atomic E-state index is 0.369. The molecule has 2 unspecified atom stereocenters. The van der Waals surface area contributed by atoms with Gasteiger partial charge >= 0.3 is 0 Å². The third kappa shape index (κ3) is 2.47. The normalized spacial score (nSPS) is 20.8. The van der Waals surface area contributed by atoms with Crippen molar-refractivity contribution in [2.45, 2.75) is 40.5 Å². The van der Waals surface area contributed by atoms with Crippen molar-refractivity contribution in [1.29, 1.82) is 0 Å². The minimum absolute atomic E-state index is 0.369. The van der Waals surface area contributed by atoms with E-state index in [0.29, 0.717) is 23.3 Å². The third-order valence-electron chi connectivity index (χ3n) is 6.23. The molecule has 2 aromatic carbocycles. The van der Waals surface area contributed by atoms with Crippen molar-refractivity contribution in [2.24, 2.45) is 11.8 Å². The zero-order chi connectivity index (χ0) is 18.6. The second kappa shape index (κ2) is 6.05. The van der Waals surface area contributed by atoms with Crippen LogP contribution in [0, 0.1) is 39.5 Å². The Morgan fingerprint density at radius 3 is 1.77 bits per heavy atom. The molecule has 0 saturated heterocycles. The van der Waals surface area contributed by atoms with Crippen LogP contribution in [0.4, 0.5) is 0 Å². The van der Waals surface area contributed by atoms with Gasteiger partial charge in [-0.05, 0) is 91.3 Å². The van der Waals surface area contributed by atoms with Crippen LogP contribution in [0.5, 0.6) is 11.5 Å². The first-order chi connectivity index (χ1) is 12.4. The third-order valence-corrected chi connectivity index (χ3v) is 6.23. The summed E-state index contributed by atoms with van der Waals surface area (Å²) in [6, 6.07) is 8.23. The summed E-state index contributed by atoms with van der Waals surface area (Å²) in [7, 11) is 0. The summed E-state index contributed by atoms with van der Waals surface area (Å²) in [6.45, 7) is 7.85. The van der Waals surface area contributed by atoms with E-state index in [0.717, 1.165) is 39.8 Å². The lowest BCUT2D eigenvalue weighted by Crippen LogP contribution is -2.04. The minimum Gasteiger partial charge on any atom is -0.507 e. The van der Waals surface area contributed by atoms with Crippen molar-refractivity contribution >= 4 is 5.57 Å². The van der Waals surface area contributed by atoms with E-state index in [9.17, 15) is 10.2 Å². The molecule has 2 heteroatoms. The Morgan fingerprint density at radius 2 is 1.35 bits per heavy atom. The maximum atomic E-state index is 10.5. The van der Waals surface area contributed by atoms with E-state index in [4.69, 9.17) is 0 Å². The molecule has 0 amide bonds. The number of phenols is 2. The van der Waals surface area contributed by atoms with E-state index in [1.165, 1.54) is 17.6 Å². The Morgan fingerprint density at radius 1 is 0.808 bits per heavy atom. The quantitative estimate of drug-likeness (QED) is 0.682. The second-order valence-electron chi connectivity index (χ2n) is 7.90. The van der Waals surface area contributed by atoms with Gasteiger partial charge in [0.1, 0.15) is 11.5 Å². The first-order valence-electron chi connectivity index (χ1n) is 9.39. The smallest absolute Gasteiger partial charge is 0.122 e. The highest BCUT2D eigenvalue weighted by molar-refractivity contribution is 5.87. The van der Waals surface area contributed by atoms with Crippen LogP contribution in [-0.2, 0) is 0 Å². The van der Waals surface area contributed by atoms with Gasteiger partial charge < -0.3 is 10.2 Å². The zero-order valence-electron chi connectivity index (χ0n) is 15.9. The summed E-state index contributed by atoms with van der Waals surface area (Å²) in [4.78, 5) is 0. The van der Waals surface area contributed by atoms with E-state index in [2.05, 4.69) is 24.3 Å². The lowest BCUT2D eigenvalue weighted by molar-refractivity contribution is 0.466. The SMILES string of the molecule is Cc1ccc(C(=C2CC3C=CC2C3)c2ccc(C)c(O)c2C)c(C)c1O. The maximum absolute atomic E-state index is 10.5. The molecule has 4 rings (SSSR count). The van der Waals surface area contributed by atoms with Crippen molar-refractivity contribution in [2.75, 3.05) is 0 Å². The highest BCUT2D eigenvalue weighted by Gasteiger charge is 2.34. The Bertz CT molecular complexity index is 903. The molecule has 2 bridgehead atoms. The maximum Gasteiger partial charge on any atom is 0.122 e. The van der Waals surface area contributed by atoms with Gasteiger partial charge in [-0.2, -0.15) is 0 Å². The predicted octanol–water partition coefficient (Wildman–Crippen LogP) is 5.73. The predicted molar refractivity (Wildman–Crippen MR) is 107 cm³/mol. The molecule has 26 heavy (non-hydrogen) atoms. The summed E-state index contributed by atoms with van der Waals surface area (Å²) in [6.07, 6.45) is 6.92. The fourth-order valence-corrected chi connectivity index (χ4v) is 4.61. The average Bonchev–Trinajstić information content (AvgIpc) is 3.25. The molecule has 0 radical (unpaired) electrons. The summed E-state index contributed by atoms with van der Waals surface area (Å²) in [5, 5.41) is 21.1. The number of fused-ring (bicyclic) bond motifs is 2. The van der Waals surface area contributed by atoms with Crippen molar-refractivity contribution in [3.63, 3.8) is 0 Å². The Hall–Kier alpha value is -2.48. The molecule has 0 spiro atoms. The number of allylic oxidation sites excluding steroid dienone is 3. The molecule has 1 fully saturated rings. The largest absolute Gasteiger partial charge is 0.507 e. The summed E-state index contributed by atoms with van der Waals surface area (Å²) in [5.74, 6) is 1.84. The van der Waals surface area contributed by atoms with Crippen LogP contribution in [0.3, 0.4) is 0 Å². The zero-order valence-corrected chi connectivity index (χ0v) is 15.9. The number of hydrogen-bond acceptors (Lipinski definition) is 2. The van der Waals surface area contributed by atoms with Gasteiger partial charge in [0, 0.05) is 0 Å². The molecule has 2 N–H and O–H groups in total. The second-order valence-corrected chi connectivity index (χ2v) is 7.90. The van der Waals surface area contributed by atoms with E-state index in [-0.39, 0.29) is 0 Å². The number of hydrogen-bond donors (Lipinski definition) is 2. The van der Waals surface area contributed by atoms with Crippen LogP contribution < -0.4 is 0 Å². The molecule has 0 aliphatic heterocycles. The molecule has 2 atom stereocenters. The van der Waals surface area contributed by atoms with Crippen LogP contribution in [0.15, 0.2) is 42.0 Å². The molecule has 2 aliphatic carbocycles. The summed E-state index contributed by atoms with van der Waals surface area (Å²) < 4.78 is 0. The molecule has 0 heterocycles. The van der Waals surface area contributed by atoms with Gasteiger partial charge in [-0.3, -0.25) is 0 Å². The number of aryl methyl sites for hydroxylation is 2. The van der Waals surface area contributed by atoms with E-state index < -0.39 is 0 Å². The van der Waals surface area contributed by atoms with Crippen LogP contribution in [-0.4, -0.2) is 10.2 Å². The van der Waals surface area contributed by atoms with Gasteiger partial charge in [-0.15, -0.1) is 0 Å². The molecule has 1 saturated carbocycles. The van der Waals surface area contributed by atoms with Crippen molar-refractivity contribution in [3.05, 3.63) is 75.4 Å². The highest BCUT2D eigenvalue weighted by Crippen LogP contribution is 2.49. The average molecular weight is 346 g/mol. The number of aromatic hydroxyl groups is 2. The molecular formula is C24H26O2. The number of phenolic OH excluding ortho intramolecular Hbond substituents is 2. The van der Waals surface area contributed by atoms with Crippen LogP contribution in [0.2, 0.25) is 0 Å². The Kier molecular flexibility index (Phi) is 3.95. The fraction of sp³-hybridized carbons (Fsp3) is 0.333. The summed E-state index contributed by atoms with van der Waals surface area (Å²) in [5.41, 5.74) is 8.42. The monoisotopic (exact) mass is 346 g/mol.